The average molecular weight is 221 g/mol. The number of nitrogens with one attached hydrogen (secondary N) is 1. The summed E-state index contributed by atoms with van der Waals surface area (Å²) in [4.78, 5) is 0. The van der Waals surface area contributed by atoms with Gasteiger partial charge in [0.2, 0.25) is 0 Å². The van der Waals surface area contributed by atoms with Crippen molar-refractivity contribution in [3.8, 4) is 0 Å². The van der Waals surface area contributed by atoms with Crippen LogP contribution in [0.25, 0.3) is 0 Å². The van der Waals surface area contributed by atoms with E-state index >= 15 is 0 Å². The molecule has 1 aliphatic heterocycles. The van der Waals surface area contributed by atoms with Gasteiger partial charge >= 0.3 is 0 Å². The van der Waals surface area contributed by atoms with Crippen LogP contribution in [0.4, 0.5) is 4.39 Å². The van der Waals surface area contributed by atoms with Crippen molar-refractivity contribution >= 4 is 0 Å². The summed E-state index contributed by atoms with van der Waals surface area (Å²) in [5.41, 5.74) is 1.54. The highest BCUT2D eigenvalue weighted by Crippen LogP contribution is 2.35. The van der Waals surface area contributed by atoms with Crippen molar-refractivity contribution in [1.29, 1.82) is 0 Å². The smallest absolute Gasteiger partial charge is 0.123 e. The van der Waals surface area contributed by atoms with E-state index in [4.69, 9.17) is 0 Å². The van der Waals surface area contributed by atoms with Crippen LogP contribution in [-0.4, -0.2) is 13.1 Å². The maximum Gasteiger partial charge on any atom is 0.123 e. The Balaban J connectivity index is 2.17. The lowest BCUT2D eigenvalue weighted by molar-refractivity contribution is 0.220. The van der Waals surface area contributed by atoms with Crippen molar-refractivity contribution < 1.29 is 4.39 Å². The van der Waals surface area contributed by atoms with Crippen LogP contribution in [0, 0.1) is 11.7 Å². The number of halogens is 1. The summed E-state index contributed by atoms with van der Waals surface area (Å²) in [6.45, 7) is 6.59. The van der Waals surface area contributed by atoms with Crippen molar-refractivity contribution in [3.63, 3.8) is 0 Å². The van der Waals surface area contributed by atoms with Crippen LogP contribution in [0.5, 0.6) is 0 Å². The fourth-order valence-electron chi connectivity index (χ4n) is 2.51. The number of benzene rings is 1. The zero-order valence-corrected chi connectivity index (χ0v) is 10.1. The third kappa shape index (κ3) is 2.12. The summed E-state index contributed by atoms with van der Waals surface area (Å²) < 4.78 is 12.9. The molecule has 88 valence electrons. The molecule has 0 aliphatic carbocycles. The molecule has 1 atom stereocenters. The molecule has 0 saturated carbocycles. The summed E-state index contributed by atoms with van der Waals surface area (Å²) in [6.07, 6.45) is 2.41. The summed E-state index contributed by atoms with van der Waals surface area (Å²) >= 11 is 0. The molecule has 0 aromatic heterocycles. The minimum Gasteiger partial charge on any atom is -0.315 e. The van der Waals surface area contributed by atoms with Gasteiger partial charge in [-0.25, -0.2) is 4.39 Å². The maximum atomic E-state index is 12.9. The monoisotopic (exact) mass is 221 g/mol. The molecular formula is C14H20FN. The van der Waals surface area contributed by atoms with Gasteiger partial charge in [-0.05, 0) is 30.0 Å². The van der Waals surface area contributed by atoms with Gasteiger partial charge in [0.1, 0.15) is 5.82 Å². The predicted molar refractivity (Wildman–Crippen MR) is 65.0 cm³/mol. The van der Waals surface area contributed by atoms with E-state index in [2.05, 4.69) is 19.2 Å². The van der Waals surface area contributed by atoms with Crippen LogP contribution in [-0.2, 0) is 5.41 Å². The van der Waals surface area contributed by atoms with Crippen LogP contribution in [0.15, 0.2) is 24.3 Å². The molecule has 0 radical (unpaired) electrons. The Hall–Kier alpha value is -0.890. The molecule has 1 saturated heterocycles. The van der Waals surface area contributed by atoms with E-state index in [9.17, 15) is 4.39 Å². The normalized spacial score (nSPS) is 20.2. The maximum absolute atomic E-state index is 12.9. The highest BCUT2D eigenvalue weighted by Gasteiger charge is 2.39. The standard InChI is InChI=1S/C14H20FN/c1-3-11(2)8-14(9-16-10-14)12-4-6-13(15)7-5-12/h4-7,11,16H,3,8-10H2,1-2H3. The minimum atomic E-state index is -0.144. The van der Waals surface area contributed by atoms with Gasteiger partial charge < -0.3 is 5.32 Å². The van der Waals surface area contributed by atoms with E-state index in [1.165, 1.54) is 18.4 Å². The van der Waals surface area contributed by atoms with Gasteiger partial charge in [-0.15, -0.1) is 0 Å². The SMILES string of the molecule is CCC(C)CC1(c2ccc(F)cc2)CNC1. The number of hydrogen-bond acceptors (Lipinski definition) is 1. The second-order valence-corrected chi connectivity index (χ2v) is 5.11. The van der Waals surface area contributed by atoms with Crippen molar-refractivity contribution in [3.05, 3.63) is 35.6 Å². The zero-order chi connectivity index (χ0) is 11.6. The fourth-order valence-corrected chi connectivity index (χ4v) is 2.51. The van der Waals surface area contributed by atoms with Crippen molar-refractivity contribution in [2.45, 2.75) is 32.1 Å². The molecule has 1 heterocycles. The lowest BCUT2D eigenvalue weighted by atomic mass is 9.69. The van der Waals surface area contributed by atoms with Crippen LogP contribution >= 0.6 is 0 Å². The first-order valence-corrected chi connectivity index (χ1v) is 6.13. The summed E-state index contributed by atoms with van der Waals surface area (Å²) in [6, 6.07) is 7.04. The lowest BCUT2D eigenvalue weighted by Gasteiger charge is -2.45. The van der Waals surface area contributed by atoms with Gasteiger partial charge in [-0.1, -0.05) is 32.4 Å². The second-order valence-electron chi connectivity index (χ2n) is 5.11. The van der Waals surface area contributed by atoms with E-state index in [1.54, 1.807) is 12.1 Å². The van der Waals surface area contributed by atoms with Gasteiger partial charge in [0.05, 0.1) is 0 Å². The first-order chi connectivity index (χ1) is 7.66. The number of hydrogen-bond donors (Lipinski definition) is 1. The second kappa shape index (κ2) is 4.54. The van der Waals surface area contributed by atoms with Crippen LogP contribution in [0.1, 0.15) is 32.3 Å². The van der Waals surface area contributed by atoms with E-state index in [1.807, 2.05) is 12.1 Å². The molecule has 1 nitrogen and oxygen atoms in total. The molecule has 0 amide bonds. The Morgan fingerprint density at radius 3 is 2.38 bits per heavy atom. The first-order valence-electron chi connectivity index (χ1n) is 6.13. The van der Waals surface area contributed by atoms with Crippen molar-refractivity contribution in [1.82, 2.24) is 5.32 Å². The Morgan fingerprint density at radius 2 is 1.94 bits per heavy atom. The number of rotatable bonds is 4. The molecule has 1 aliphatic rings. The highest BCUT2D eigenvalue weighted by molar-refractivity contribution is 5.30. The Bertz CT molecular complexity index is 340. The van der Waals surface area contributed by atoms with Crippen LogP contribution in [0.2, 0.25) is 0 Å². The molecule has 1 N–H and O–H groups in total. The molecular weight excluding hydrogens is 201 g/mol. The molecule has 1 aromatic rings. The molecule has 0 spiro atoms. The fraction of sp³-hybridized carbons (Fsp3) is 0.571. The molecule has 2 rings (SSSR count). The lowest BCUT2D eigenvalue weighted by Crippen LogP contribution is -2.57. The molecule has 0 bridgehead atoms. The molecule has 1 fully saturated rings. The van der Waals surface area contributed by atoms with Crippen molar-refractivity contribution in [2.24, 2.45) is 5.92 Å². The van der Waals surface area contributed by atoms with E-state index < -0.39 is 0 Å². The van der Waals surface area contributed by atoms with Gasteiger partial charge in [-0.3, -0.25) is 0 Å². The van der Waals surface area contributed by atoms with Gasteiger partial charge in [0.25, 0.3) is 0 Å². The van der Waals surface area contributed by atoms with Crippen LogP contribution in [0.3, 0.4) is 0 Å². The molecule has 2 heteroatoms. The predicted octanol–water partition coefficient (Wildman–Crippen LogP) is 3.10. The van der Waals surface area contributed by atoms with Crippen molar-refractivity contribution in [2.75, 3.05) is 13.1 Å². The topological polar surface area (TPSA) is 12.0 Å². The van der Waals surface area contributed by atoms with E-state index in [0.717, 1.165) is 19.0 Å². The summed E-state index contributed by atoms with van der Waals surface area (Å²) in [5, 5.41) is 3.35. The van der Waals surface area contributed by atoms with E-state index in [-0.39, 0.29) is 11.2 Å². The quantitative estimate of drug-likeness (QED) is 0.823. The van der Waals surface area contributed by atoms with Gasteiger partial charge in [0.15, 0.2) is 0 Å². The van der Waals surface area contributed by atoms with Gasteiger partial charge in [0, 0.05) is 18.5 Å². The Labute approximate surface area is 97.1 Å². The molecule has 1 aromatic carbocycles. The largest absolute Gasteiger partial charge is 0.315 e. The third-order valence-corrected chi connectivity index (χ3v) is 3.82. The van der Waals surface area contributed by atoms with E-state index in [0.29, 0.717) is 0 Å². The Kier molecular flexibility index (Phi) is 3.29. The third-order valence-electron chi connectivity index (χ3n) is 3.82. The summed E-state index contributed by atoms with van der Waals surface area (Å²) in [5.74, 6) is 0.585. The average Bonchev–Trinajstić information content (AvgIpc) is 2.24. The first kappa shape index (κ1) is 11.6. The highest BCUT2D eigenvalue weighted by atomic mass is 19.1. The molecule has 1 unspecified atom stereocenters. The van der Waals surface area contributed by atoms with Crippen LogP contribution < -0.4 is 5.32 Å². The summed E-state index contributed by atoms with van der Waals surface area (Å²) in [7, 11) is 0. The zero-order valence-electron chi connectivity index (χ0n) is 10.1. The minimum absolute atomic E-state index is 0.144. The Morgan fingerprint density at radius 1 is 1.31 bits per heavy atom. The van der Waals surface area contributed by atoms with Gasteiger partial charge in [-0.2, -0.15) is 0 Å². The molecule has 16 heavy (non-hydrogen) atoms.